The van der Waals surface area contributed by atoms with Gasteiger partial charge in [-0.2, -0.15) is 0 Å². The first kappa shape index (κ1) is 30.4. The van der Waals surface area contributed by atoms with Crippen molar-refractivity contribution in [3.63, 3.8) is 0 Å². The number of piperazine rings is 1. The number of carbonyl (C=O) groups is 2. The quantitative estimate of drug-likeness (QED) is 0.170. The minimum atomic E-state index is -1.60. The van der Waals surface area contributed by atoms with E-state index in [0.717, 1.165) is 5.56 Å². The van der Waals surface area contributed by atoms with Gasteiger partial charge in [-0.15, -0.1) is 0 Å². The number of aldehydes is 1. The molecule has 0 aromatic heterocycles. The van der Waals surface area contributed by atoms with Crippen LogP contribution in [0.25, 0.3) is 0 Å². The van der Waals surface area contributed by atoms with Crippen molar-refractivity contribution in [2.45, 2.75) is 37.0 Å². The fourth-order valence-corrected chi connectivity index (χ4v) is 6.17. The lowest BCUT2D eigenvalue weighted by molar-refractivity contribution is -0.136. The van der Waals surface area contributed by atoms with Gasteiger partial charge in [-0.25, -0.2) is 0 Å². The molecule has 1 unspecified atom stereocenters. The average Bonchev–Trinajstić information content (AvgIpc) is 3.07. The molecule has 4 aromatic carbocycles. The predicted octanol–water partition coefficient (Wildman–Crippen LogP) is 5.44. The van der Waals surface area contributed by atoms with E-state index < -0.39 is 11.1 Å². The highest BCUT2D eigenvalue weighted by Crippen LogP contribution is 2.42. The summed E-state index contributed by atoms with van der Waals surface area (Å²) < 4.78 is 5.62. The summed E-state index contributed by atoms with van der Waals surface area (Å²) in [5.74, 6) is 0.0443. The van der Waals surface area contributed by atoms with Gasteiger partial charge in [0, 0.05) is 32.6 Å². The van der Waals surface area contributed by atoms with Crippen LogP contribution < -0.4 is 0 Å². The summed E-state index contributed by atoms with van der Waals surface area (Å²) in [6.07, 6.45) is 1.40. The largest absolute Gasteiger partial charge is 0.380 e. The fraction of sp³-hybridized carbons (Fsp3) is 0.297. The molecule has 5 rings (SSSR count). The van der Waals surface area contributed by atoms with Crippen LogP contribution in [0.15, 0.2) is 121 Å². The second-order valence-electron chi connectivity index (χ2n) is 11.2. The van der Waals surface area contributed by atoms with Crippen LogP contribution in [0.2, 0.25) is 0 Å². The number of nitrogens with zero attached hydrogens (tertiary/aromatic N) is 2. The number of ether oxygens (including phenoxy) is 1. The van der Waals surface area contributed by atoms with Crippen molar-refractivity contribution >= 4 is 12.2 Å². The molecule has 1 amide bonds. The summed E-state index contributed by atoms with van der Waals surface area (Å²) in [6.45, 7) is 2.83. The minimum absolute atomic E-state index is 0.0443. The Morgan fingerprint density at radius 2 is 1.19 bits per heavy atom. The first-order valence-corrected chi connectivity index (χ1v) is 15.0. The Morgan fingerprint density at radius 3 is 1.65 bits per heavy atom. The Kier molecular flexibility index (Phi) is 10.2. The molecule has 1 atom stereocenters. The van der Waals surface area contributed by atoms with Crippen molar-refractivity contribution in [3.05, 3.63) is 144 Å². The molecular weight excluding hydrogens is 536 g/mol. The third kappa shape index (κ3) is 7.11. The van der Waals surface area contributed by atoms with Gasteiger partial charge in [0.15, 0.2) is 6.29 Å². The first-order chi connectivity index (χ1) is 21.0. The zero-order chi connectivity index (χ0) is 30.0. The number of carbonyl (C=O) groups excluding carboxylic acids is 2. The normalized spacial score (nSPS) is 15.5. The number of hydrogen-bond donors (Lipinski definition) is 1. The van der Waals surface area contributed by atoms with Gasteiger partial charge in [0.1, 0.15) is 5.60 Å². The third-order valence-corrected chi connectivity index (χ3v) is 8.36. The van der Waals surface area contributed by atoms with Gasteiger partial charge in [-0.05, 0) is 35.1 Å². The Bertz CT molecular complexity index is 1330. The van der Waals surface area contributed by atoms with E-state index in [1.165, 1.54) is 16.7 Å². The highest BCUT2D eigenvalue weighted by Gasteiger charge is 2.43. The molecule has 0 aliphatic carbocycles. The maximum absolute atomic E-state index is 13.2. The second-order valence-corrected chi connectivity index (χ2v) is 11.2. The van der Waals surface area contributed by atoms with Gasteiger partial charge in [-0.1, -0.05) is 121 Å². The van der Waals surface area contributed by atoms with Crippen LogP contribution in [0, 0.1) is 0 Å². The lowest BCUT2D eigenvalue weighted by Gasteiger charge is -2.49. The Balaban J connectivity index is 1.23. The van der Waals surface area contributed by atoms with E-state index in [-0.39, 0.29) is 25.4 Å². The molecule has 6 heteroatoms. The number of benzene rings is 4. The molecule has 43 heavy (non-hydrogen) atoms. The summed E-state index contributed by atoms with van der Waals surface area (Å²) in [5.41, 5.74) is 2.44. The van der Waals surface area contributed by atoms with Crippen molar-refractivity contribution in [3.8, 4) is 0 Å². The van der Waals surface area contributed by atoms with Gasteiger partial charge in [0.25, 0.3) is 0 Å². The van der Waals surface area contributed by atoms with Gasteiger partial charge >= 0.3 is 0 Å². The van der Waals surface area contributed by atoms with E-state index in [4.69, 9.17) is 4.74 Å². The summed E-state index contributed by atoms with van der Waals surface area (Å²) in [6, 6.07) is 41.4. The van der Waals surface area contributed by atoms with E-state index in [9.17, 15) is 14.7 Å². The van der Waals surface area contributed by atoms with Crippen LogP contribution in [0.1, 0.15) is 41.5 Å². The molecule has 1 saturated heterocycles. The molecule has 1 aliphatic heterocycles. The summed E-state index contributed by atoms with van der Waals surface area (Å²) in [5, 5.41) is 10.7. The van der Waals surface area contributed by atoms with Gasteiger partial charge in [-0.3, -0.25) is 9.69 Å². The molecule has 0 saturated carbocycles. The molecule has 1 aliphatic rings. The number of aliphatic hydroxyl groups is 1. The molecule has 1 N–H and O–H groups in total. The lowest BCUT2D eigenvalue weighted by Crippen LogP contribution is -2.57. The highest BCUT2D eigenvalue weighted by molar-refractivity contribution is 5.76. The van der Waals surface area contributed by atoms with Crippen LogP contribution >= 0.6 is 0 Å². The number of rotatable bonds is 13. The molecule has 0 bridgehead atoms. The summed E-state index contributed by atoms with van der Waals surface area (Å²) in [7, 11) is 0. The first-order valence-electron chi connectivity index (χ1n) is 15.0. The zero-order valence-corrected chi connectivity index (χ0v) is 24.6. The fourth-order valence-electron chi connectivity index (χ4n) is 6.17. The maximum Gasteiger partial charge on any atom is 0.222 e. The maximum atomic E-state index is 13.2. The third-order valence-electron chi connectivity index (χ3n) is 8.36. The van der Waals surface area contributed by atoms with Crippen molar-refractivity contribution in [1.29, 1.82) is 0 Å². The molecule has 4 aromatic rings. The van der Waals surface area contributed by atoms with Crippen LogP contribution in [-0.2, 0) is 26.5 Å². The molecule has 0 radical (unpaired) electrons. The SMILES string of the molecule is O=CC(O)(CCCC(=O)N1CCN(C(c2ccccc2)(c2ccccc2)c2ccccc2)CC1)COCc1ccccc1. The van der Waals surface area contributed by atoms with E-state index >= 15 is 0 Å². The molecule has 0 spiro atoms. The Morgan fingerprint density at radius 1 is 0.721 bits per heavy atom. The van der Waals surface area contributed by atoms with Crippen LogP contribution in [0.5, 0.6) is 0 Å². The highest BCUT2D eigenvalue weighted by atomic mass is 16.5. The number of hydrogen-bond acceptors (Lipinski definition) is 5. The molecule has 6 nitrogen and oxygen atoms in total. The van der Waals surface area contributed by atoms with Crippen molar-refractivity contribution in [2.75, 3.05) is 32.8 Å². The van der Waals surface area contributed by atoms with Crippen molar-refractivity contribution < 1.29 is 19.4 Å². The molecule has 1 fully saturated rings. The zero-order valence-electron chi connectivity index (χ0n) is 24.6. The summed E-state index contributed by atoms with van der Waals surface area (Å²) >= 11 is 0. The van der Waals surface area contributed by atoms with E-state index in [1.54, 1.807) is 0 Å². The van der Waals surface area contributed by atoms with Crippen molar-refractivity contribution in [1.82, 2.24) is 9.80 Å². The van der Waals surface area contributed by atoms with E-state index in [1.807, 2.05) is 53.4 Å². The van der Waals surface area contributed by atoms with Gasteiger partial charge in [0.05, 0.1) is 18.8 Å². The summed E-state index contributed by atoms with van der Waals surface area (Å²) in [4.78, 5) is 29.3. The predicted molar refractivity (Wildman–Crippen MR) is 168 cm³/mol. The van der Waals surface area contributed by atoms with Crippen LogP contribution in [0.4, 0.5) is 0 Å². The van der Waals surface area contributed by atoms with Gasteiger partial charge < -0.3 is 19.5 Å². The standard InChI is InChI=1S/C37H40N2O4/c40-29-36(42,30-43-28-31-14-5-1-6-15-31)23-13-22-35(41)38-24-26-39(27-25-38)37(32-16-7-2-8-17-32,33-18-9-3-10-19-33)34-20-11-4-12-21-34/h1-12,14-21,29,42H,13,22-28,30H2. The smallest absolute Gasteiger partial charge is 0.222 e. The number of amides is 1. The Labute approximate surface area is 254 Å². The van der Waals surface area contributed by atoms with E-state index in [0.29, 0.717) is 45.5 Å². The Hall–Kier alpha value is -4.10. The second kappa shape index (κ2) is 14.4. The molecule has 222 valence electrons. The van der Waals surface area contributed by atoms with Crippen LogP contribution in [-0.4, -0.2) is 65.5 Å². The monoisotopic (exact) mass is 576 g/mol. The van der Waals surface area contributed by atoms with Crippen molar-refractivity contribution in [2.24, 2.45) is 0 Å². The lowest BCUT2D eigenvalue weighted by atomic mass is 9.75. The minimum Gasteiger partial charge on any atom is -0.380 e. The topological polar surface area (TPSA) is 70.1 Å². The molecule has 1 heterocycles. The van der Waals surface area contributed by atoms with E-state index in [2.05, 4.69) is 77.7 Å². The molecular formula is C37H40N2O4. The van der Waals surface area contributed by atoms with Crippen LogP contribution in [0.3, 0.4) is 0 Å². The van der Waals surface area contributed by atoms with Gasteiger partial charge in [0.2, 0.25) is 5.91 Å². The average molecular weight is 577 g/mol.